The highest BCUT2D eigenvalue weighted by atomic mass is 79.9. The standard InChI is InChI=1S/C14H8Br2ClF3N2O/c15-9-3-7(13(23)10(16)5-9)6-21-22-12-4-8(14(18,19)20)1-2-11(12)17/h1-6,22-23H. The van der Waals surface area contributed by atoms with E-state index in [1.54, 1.807) is 12.1 Å². The fourth-order valence-electron chi connectivity index (χ4n) is 1.64. The fraction of sp³-hybridized carbons (Fsp3) is 0.0714. The molecule has 2 rings (SSSR count). The average molecular weight is 472 g/mol. The van der Waals surface area contributed by atoms with Crippen LogP contribution in [0.25, 0.3) is 0 Å². The second-order valence-corrected chi connectivity index (χ2v) is 6.57. The van der Waals surface area contributed by atoms with Gasteiger partial charge in [-0.2, -0.15) is 18.3 Å². The Hall–Kier alpha value is -1.25. The van der Waals surface area contributed by atoms with Crippen molar-refractivity contribution >= 4 is 55.4 Å². The highest BCUT2D eigenvalue weighted by Crippen LogP contribution is 2.34. The van der Waals surface area contributed by atoms with Crippen LogP contribution in [0, 0.1) is 0 Å². The SMILES string of the molecule is Oc1c(Br)cc(Br)cc1C=NNc1cc(C(F)(F)F)ccc1Cl. The Kier molecular flexibility index (Phi) is 5.59. The third-order valence-corrected chi connectivity index (χ3v) is 4.13. The van der Waals surface area contributed by atoms with Crippen LogP contribution in [0.2, 0.25) is 5.02 Å². The zero-order valence-corrected chi connectivity index (χ0v) is 15.1. The molecule has 9 heteroatoms. The van der Waals surface area contributed by atoms with Crippen LogP contribution in [-0.2, 0) is 6.18 Å². The summed E-state index contributed by atoms with van der Waals surface area (Å²) in [5.74, 6) is -0.0473. The second-order valence-electron chi connectivity index (χ2n) is 4.39. The molecule has 0 aromatic heterocycles. The number of hydrazone groups is 1. The molecular formula is C14H8Br2ClF3N2O. The molecule has 0 bridgehead atoms. The van der Waals surface area contributed by atoms with Crippen LogP contribution < -0.4 is 5.43 Å². The summed E-state index contributed by atoms with van der Waals surface area (Å²) in [5, 5.41) is 13.8. The number of alkyl halides is 3. The Balaban J connectivity index is 2.24. The van der Waals surface area contributed by atoms with Crippen molar-refractivity contribution in [1.29, 1.82) is 0 Å². The van der Waals surface area contributed by atoms with Gasteiger partial charge in [-0.1, -0.05) is 27.5 Å². The maximum atomic E-state index is 12.7. The second kappa shape index (κ2) is 7.11. The van der Waals surface area contributed by atoms with Gasteiger partial charge in [0.1, 0.15) is 5.75 Å². The van der Waals surface area contributed by atoms with Gasteiger partial charge in [-0.3, -0.25) is 5.43 Å². The molecule has 0 radical (unpaired) electrons. The number of aromatic hydroxyl groups is 1. The number of hydrogen-bond donors (Lipinski definition) is 2. The van der Waals surface area contributed by atoms with Crippen LogP contribution in [0.1, 0.15) is 11.1 Å². The molecule has 0 aliphatic rings. The minimum Gasteiger partial charge on any atom is -0.506 e. The number of phenols is 1. The predicted octanol–water partition coefficient (Wildman–Crippen LogP) is 6.04. The zero-order chi connectivity index (χ0) is 17.2. The maximum absolute atomic E-state index is 12.7. The van der Waals surface area contributed by atoms with Gasteiger partial charge in [0.25, 0.3) is 0 Å². The highest BCUT2D eigenvalue weighted by molar-refractivity contribution is 9.11. The lowest BCUT2D eigenvalue weighted by atomic mass is 10.2. The van der Waals surface area contributed by atoms with E-state index >= 15 is 0 Å². The third kappa shape index (κ3) is 4.62. The van der Waals surface area contributed by atoms with Crippen molar-refractivity contribution in [3.8, 4) is 5.75 Å². The van der Waals surface area contributed by atoms with E-state index in [2.05, 4.69) is 42.4 Å². The van der Waals surface area contributed by atoms with Crippen LogP contribution in [-0.4, -0.2) is 11.3 Å². The molecule has 2 aromatic carbocycles. The summed E-state index contributed by atoms with van der Waals surface area (Å²) in [6.07, 6.45) is -3.21. The van der Waals surface area contributed by atoms with Gasteiger partial charge in [0, 0.05) is 10.0 Å². The molecule has 0 unspecified atom stereocenters. The quantitative estimate of drug-likeness (QED) is 0.423. The fourth-order valence-corrected chi connectivity index (χ4v) is 3.06. The lowest BCUT2D eigenvalue weighted by Gasteiger charge is -2.10. The molecule has 3 nitrogen and oxygen atoms in total. The summed E-state index contributed by atoms with van der Waals surface area (Å²) in [5.41, 5.74) is 1.96. The van der Waals surface area contributed by atoms with E-state index in [1.807, 2.05) is 0 Å². The molecule has 23 heavy (non-hydrogen) atoms. The number of nitrogens with zero attached hydrogens (tertiary/aromatic N) is 1. The van der Waals surface area contributed by atoms with E-state index < -0.39 is 11.7 Å². The molecular weight excluding hydrogens is 464 g/mol. The lowest BCUT2D eigenvalue weighted by Crippen LogP contribution is -2.05. The zero-order valence-electron chi connectivity index (χ0n) is 11.1. The predicted molar refractivity (Wildman–Crippen MR) is 91.2 cm³/mol. The lowest BCUT2D eigenvalue weighted by molar-refractivity contribution is -0.137. The van der Waals surface area contributed by atoms with E-state index in [-0.39, 0.29) is 16.5 Å². The molecule has 2 aromatic rings. The Morgan fingerprint density at radius 1 is 1.17 bits per heavy atom. The maximum Gasteiger partial charge on any atom is 0.416 e. The number of benzene rings is 2. The molecule has 0 aliphatic heterocycles. The number of halogens is 6. The molecule has 122 valence electrons. The van der Waals surface area contributed by atoms with Gasteiger partial charge < -0.3 is 5.11 Å². The molecule has 0 spiro atoms. The largest absolute Gasteiger partial charge is 0.506 e. The van der Waals surface area contributed by atoms with Gasteiger partial charge in [-0.05, 0) is 46.3 Å². The van der Waals surface area contributed by atoms with Crippen molar-refractivity contribution in [2.45, 2.75) is 6.18 Å². The van der Waals surface area contributed by atoms with Crippen molar-refractivity contribution in [3.05, 3.63) is 55.4 Å². The molecule has 0 saturated carbocycles. The molecule has 0 heterocycles. The van der Waals surface area contributed by atoms with Gasteiger partial charge in [0.15, 0.2) is 0 Å². The number of hydrogen-bond acceptors (Lipinski definition) is 3. The Bertz CT molecular complexity index is 766. The van der Waals surface area contributed by atoms with Crippen LogP contribution in [0.4, 0.5) is 18.9 Å². The van der Waals surface area contributed by atoms with Crippen molar-refractivity contribution in [1.82, 2.24) is 0 Å². The highest BCUT2D eigenvalue weighted by Gasteiger charge is 2.30. The average Bonchev–Trinajstić information content (AvgIpc) is 2.44. The number of nitrogens with one attached hydrogen (secondary N) is 1. The normalized spacial score (nSPS) is 11.9. The summed E-state index contributed by atoms with van der Waals surface area (Å²) in [6.45, 7) is 0. The first-order valence-corrected chi connectivity index (χ1v) is 7.98. The molecule has 2 N–H and O–H groups in total. The Morgan fingerprint density at radius 2 is 1.87 bits per heavy atom. The van der Waals surface area contributed by atoms with Gasteiger partial charge in [0.2, 0.25) is 0 Å². The minimum atomic E-state index is -4.47. The molecule has 0 aliphatic carbocycles. The van der Waals surface area contributed by atoms with Crippen LogP contribution in [0.5, 0.6) is 5.75 Å². The van der Waals surface area contributed by atoms with Crippen LogP contribution >= 0.6 is 43.5 Å². The summed E-state index contributed by atoms with van der Waals surface area (Å²) in [7, 11) is 0. The van der Waals surface area contributed by atoms with Crippen molar-refractivity contribution in [2.24, 2.45) is 5.10 Å². The number of anilines is 1. The summed E-state index contributed by atoms with van der Waals surface area (Å²) in [6, 6.07) is 6.11. The molecule has 0 atom stereocenters. The topological polar surface area (TPSA) is 44.6 Å². The van der Waals surface area contributed by atoms with Gasteiger partial charge in [0.05, 0.1) is 27.0 Å². The molecule has 0 saturated heterocycles. The van der Waals surface area contributed by atoms with E-state index in [0.717, 1.165) is 18.2 Å². The van der Waals surface area contributed by atoms with Crippen molar-refractivity contribution in [2.75, 3.05) is 5.43 Å². The summed E-state index contributed by atoms with van der Waals surface area (Å²) in [4.78, 5) is 0. The number of phenolic OH excluding ortho intramolecular Hbond substituents is 1. The Morgan fingerprint density at radius 3 is 2.52 bits per heavy atom. The third-order valence-electron chi connectivity index (χ3n) is 2.74. The minimum absolute atomic E-state index is 0.00583. The van der Waals surface area contributed by atoms with E-state index in [9.17, 15) is 18.3 Å². The van der Waals surface area contributed by atoms with Crippen LogP contribution in [0.15, 0.2) is 44.4 Å². The van der Waals surface area contributed by atoms with E-state index in [0.29, 0.717) is 14.5 Å². The van der Waals surface area contributed by atoms with Crippen molar-refractivity contribution < 1.29 is 18.3 Å². The number of rotatable bonds is 3. The van der Waals surface area contributed by atoms with Crippen molar-refractivity contribution in [3.63, 3.8) is 0 Å². The van der Waals surface area contributed by atoms with E-state index in [1.165, 1.54) is 6.21 Å². The molecule has 0 fully saturated rings. The monoisotopic (exact) mass is 470 g/mol. The summed E-state index contributed by atoms with van der Waals surface area (Å²) < 4.78 is 39.2. The first-order chi connectivity index (χ1) is 10.7. The first-order valence-electron chi connectivity index (χ1n) is 6.02. The van der Waals surface area contributed by atoms with Gasteiger partial charge in [-0.15, -0.1) is 0 Å². The van der Waals surface area contributed by atoms with Crippen LogP contribution in [0.3, 0.4) is 0 Å². The van der Waals surface area contributed by atoms with Gasteiger partial charge >= 0.3 is 6.18 Å². The van der Waals surface area contributed by atoms with E-state index in [4.69, 9.17) is 11.6 Å². The first kappa shape index (κ1) is 18.1. The Labute approximate surface area is 151 Å². The molecule has 0 amide bonds. The smallest absolute Gasteiger partial charge is 0.416 e. The van der Waals surface area contributed by atoms with Gasteiger partial charge in [-0.25, -0.2) is 0 Å². The summed E-state index contributed by atoms with van der Waals surface area (Å²) >= 11 is 12.3.